The van der Waals surface area contributed by atoms with Gasteiger partial charge < -0.3 is 4.18 Å². The Labute approximate surface area is 137 Å². The number of rotatable bonds is 4. The van der Waals surface area contributed by atoms with Gasteiger partial charge in [-0.15, -0.1) is 5.10 Å². The molecule has 0 aliphatic carbocycles. The number of hydrogen-bond acceptors (Lipinski definition) is 6. The first-order chi connectivity index (χ1) is 11.0. The Bertz CT molecular complexity index is 942. The molecule has 0 bridgehead atoms. The van der Waals surface area contributed by atoms with Crippen LogP contribution >= 0.6 is 11.6 Å². The van der Waals surface area contributed by atoms with Crippen LogP contribution in [0.3, 0.4) is 0 Å². The van der Waals surface area contributed by atoms with Crippen molar-refractivity contribution < 1.29 is 12.6 Å². The molecule has 7 nitrogen and oxygen atoms in total. The minimum Gasteiger partial charge on any atom is -0.379 e. The highest BCUT2D eigenvalue weighted by atomic mass is 35.5. The highest BCUT2D eigenvalue weighted by Crippen LogP contribution is 2.25. The van der Waals surface area contributed by atoms with E-state index in [1.54, 1.807) is 31.2 Å². The fraction of sp³-hybridized carbons (Fsp3) is 0.0714. The van der Waals surface area contributed by atoms with Crippen LogP contribution in [-0.2, 0) is 10.1 Å². The number of hydrogen-bond donors (Lipinski definition) is 0. The van der Waals surface area contributed by atoms with Crippen molar-refractivity contribution in [1.29, 1.82) is 0 Å². The SMILES string of the molecule is Cc1ccc(Cl)cc1S(=O)(=O)Oc1cccc(-n2cnnn2)c1. The van der Waals surface area contributed by atoms with E-state index >= 15 is 0 Å². The third-order valence-electron chi connectivity index (χ3n) is 3.06. The fourth-order valence-corrected chi connectivity index (χ4v) is 3.39. The minimum absolute atomic E-state index is 0.0258. The molecule has 0 unspecified atom stereocenters. The van der Waals surface area contributed by atoms with E-state index in [4.69, 9.17) is 15.8 Å². The second-order valence-corrected chi connectivity index (χ2v) is 6.65. The number of tetrazole rings is 1. The van der Waals surface area contributed by atoms with Crippen molar-refractivity contribution >= 4 is 21.7 Å². The molecule has 0 fully saturated rings. The normalized spacial score (nSPS) is 11.4. The average molecular weight is 351 g/mol. The lowest BCUT2D eigenvalue weighted by molar-refractivity contribution is 0.485. The summed E-state index contributed by atoms with van der Waals surface area (Å²) >= 11 is 5.87. The van der Waals surface area contributed by atoms with Crippen molar-refractivity contribution in [3.63, 3.8) is 0 Å². The zero-order valence-electron chi connectivity index (χ0n) is 11.9. The predicted molar refractivity (Wildman–Crippen MR) is 83.2 cm³/mol. The molecule has 0 saturated heterocycles. The smallest absolute Gasteiger partial charge is 0.339 e. The zero-order chi connectivity index (χ0) is 16.4. The van der Waals surface area contributed by atoms with Crippen molar-refractivity contribution in [2.75, 3.05) is 0 Å². The summed E-state index contributed by atoms with van der Waals surface area (Å²) in [5, 5.41) is 11.1. The fourth-order valence-electron chi connectivity index (χ4n) is 1.97. The summed E-state index contributed by atoms with van der Waals surface area (Å²) in [6.07, 6.45) is 1.40. The number of nitrogens with zero attached hydrogens (tertiary/aromatic N) is 4. The number of halogens is 1. The molecule has 118 valence electrons. The van der Waals surface area contributed by atoms with Gasteiger partial charge in [-0.25, -0.2) is 4.68 Å². The van der Waals surface area contributed by atoms with Gasteiger partial charge in [-0.3, -0.25) is 0 Å². The van der Waals surface area contributed by atoms with Gasteiger partial charge in [0.25, 0.3) is 0 Å². The van der Waals surface area contributed by atoms with Gasteiger partial charge in [0.05, 0.1) is 5.69 Å². The Morgan fingerprint density at radius 3 is 2.74 bits per heavy atom. The lowest BCUT2D eigenvalue weighted by atomic mass is 10.2. The lowest BCUT2D eigenvalue weighted by Crippen LogP contribution is -2.11. The maximum absolute atomic E-state index is 12.4. The zero-order valence-corrected chi connectivity index (χ0v) is 13.5. The van der Waals surface area contributed by atoms with Gasteiger partial charge in [-0.05, 0) is 47.2 Å². The monoisotopic (exact) mass is 350 g/mol. The quantitative estimate of drug-likeness (QED) is 0.671. The molecular formula is C14H11ClN4O3S. The first kappa shape index (κ1) is 15.4. The molecule has 0 amide bonds. The van der Waals surface area contributed by atoms with E-state index in [9.17, 15) is 8.42 Å². The molecule has 1 heterocycles. The Hall–Kier alpha value is -2.45. The molecule has 0 radical (unpaired) electrons. The predicted octanol–water partition coefficient (Wildman–Crippen LogP) is 2.39. The van der Waals surface area contributed by atoms with Crippen LogP contribution in [0.5, 0.6) is 5.75 Å². The Balaban J connectivity index is 1.95. The van der Waals surface area contributed by atoms with Crippen LogP contribution in [0.15, 0.2) is 53.7 Å². The van der Waals surface area contributed by atoms with E-state index in [0.717, 1.165) is 0 Å². The topological polar surface area (TPSA) is 87.0 Å². The molecule has 2 aromatic carbocycles. The standard InChI is InChI=1S/C14H11ClN4O3S/c1-10-5-6-11(15)7-14(10)23(20,21)22-13-4-2-3-12(8-13)19-9-16-17-18-19/h2-9H,1H3. The Morgan fingerprint density at radius 1 is 1.17 bits per heavy atom. The molecule has 3 rings (SSSR count). The number of aryl methyl sites for hydroxylation is 1. The van der Waals surface area contributed by atoms with Crippen LogP contribution in [0.1, 0.15) is 5.56 Å². The van der Waals surface area contributed by atoms with E-state index in [1.165, 1.54) is 29.2 Å². The van der Waals surface area contributed by atoms with Crippen molar-refractivity contribution in [2.45, 2.75) is 11.8 Å². The van der Waals surface area contributed by atoms with Gasteiger partial charge in [-0.1, -0.05) is 23.7 Å². The van der Waals surface area contributed by atoms with Crippen LogP contribution in [0, 0.1) is 6.92 Å². The number of aromatic nitrogens is 4. The molecule has 3 aromatic rings. The second kappa shape index (κ2) is 5.98. The maximum atomic E-state index is 12.4. The molecule has 0 N–H and O–H groups in total. The summed E-state index contributed by atoms with van der Waals surface area (Å²) in [5.74, 6) is 0.150. The Morgan fingerprint density at radius 2 is 2.00 bits per heavy atom. The number of benzene rings is 2. The molecule has 9 heteroatoms. The molecular weight excluding hydrogens is 340 g/mol. The van der Waals surface area contributed by atoms with Gasteiger partial charge in [-0.2, -0.15) is 8.42 Å². The molecule has 0 aliphatic heterocycles. The Kier molecular flexibility index (Phi) is 4.01. The van der Waals surface area contributed by atoms with Crippen LogP contribution in [0.4, 0.5) is 0 Å². The largest absolute Gasteiger partial charge is 0.379 e. The summed E-state index contributed by atoms with van der Waals surface area (Å²) in [4.78, 5) is 0.0258. The van der Waals surface area contributed by atoms with Crippen molar-refractivity contribution in [3.8, 4) is 11.4 Å². The van der Waals surface area contributed by atoms with E-state index in [-0.39, 0.29) is 10.6 Å². The molecule has 1 aromatic heterocycles. The first-order valence-electron chi connectivity index (χ1n) is 6.50. The first-order valence-corrected chi connectivity index (χ1v) is 8.28. The molecule has 0 atom stereocenters. The lowest BCUT2D eigenvalue weighted by Gasteiger charge is -2.10. The van der Waals surface area contributed by atoms with E-state index in [0.29, 0.717) is 16.3 Å². The average Bonchev–Trinajstić information content (AvgIpc) is 3.04. The summed E-state index contributed by atoms with van der Waals surface area (Å²) in [5.41, 5.74) is 1.12. The van der Waals surface area contributed by atoms with Crippen LogP contribution in [-0.4, -0.2) is 28.6 Å². The van der Waals surface area contributed by atoms with Crippen LogP contribution in [0.2, 0.25) is 5.02 Å². The van der Waals surface area contributed by atoms with Crippen molar-refractivity contribution in [2.24, 2.45) is 0 Å². The van der Waals surface area contributed by atoms with Crippen molar-refractivity contribution in [3.05, 3.63) is 59.4 Å². The molecule has 0 saturated carbocycles. The van der Waals surface area contributed by atoms with E-state index in [2.05, 4.69) is 15.5 Å². The highest BCUT2D eigenvalue weighted by molar-refractivity contribution is 7.87. The van der Waals surface area contributed by atoms with Crippen LogP contribution < -0.4 is 4.18 Å². The molecule has 0 aliphatic rings. The van der Waals surface area contributed by atoms with Gasteiger partial charge >= 0.3 is 10.1 Å². The van der Waals surface area contributed by atoms with Crippen molar-refractivity contribution in [1.82, 2.24) is 20.2 Å². The minimum atomic E-state index is -4.00. The maximum Gasteiger partial charge on any atom is 0.339 e. The van der Waals surface area contributed by atoms with Crippen LogP contribution in [0.25, 0.3) is 5.69 Å². The molecule has 0 spiro atoms. The summed E-state index contributed by atoms with van der Waals surface area (Å²) in [6.45, 7) is 1.67. The van der Waals surface area contributed by atoms with Gasteiger partial charge in [0.15, 0.2) is 0 Å². The van der Waals surface area contributed by atoms with E-state index in [1.807, 2.05) is 0 Å². The summed E-state index contributed by atoms with van der Waals surface area (Å²) in [7, 11) is -4.00. The van der Waals surface area contributed by atoms with E-state index < -0.39 is 10.1 Å². The summed E-state index contributed by atoms with van der Waals surface area (Å²) in [6, 6.07) is 11.0. The third-order valence-corrected chi connectivity index (χ3v) is 4.68. The van der Waals surface area contributed by atoms with Gasteiger partial charge in [0.1, 0.15) is 17.0 Å². The summed E-state index contributed by atoms with van der Waals surface area (Å²) < 4.78 is 31.5. The highest BCUT2D eigenvalue weighted by Gasteiger charge is 2.20. The van der Waals surface area contributed by atoms with Gasteiger partial charge in [0.2, 0.25) is 0 Å². The second-order valence-electron chi connectivity index (χ2n) is 4.70. The molecule has 23 heavy (non-hydrogen) atoms. The van der Waals surface area contributed by atoms with Gasteiger partial charge in [0, 0.05) is 11.1 Å². The third kappa shape index (κ3) is 3.33.